The number of carbonyl (C=O) groups is 1. The van der Waals surface area contributed by atoms with E-state index in [1.54, 1.807) is 26.0 Å². The molecule has 0 fully saturated rings. The summed E-state index contributed by atoms with van der Waals surface area (Å²) in [5, 5.41) is 18.0. The van der Waals surface area contributed by atoms with E-state index in [0.717, 1.165) is 23.7 Å². The van der Waals surface area contributed by atoms with E-state index in [0.29, 0.717) is 5.56 Å². The van der Waals surface area contributed by atoms with Gasteiger partial charge in [-0.15, -0.1) is 0 Å². The molecule has 0 bridgehead atoms. The number of aliphatic hydroxyl groups is 2. The Balaban J connectivity index is 2.29. The first-order valence-corrected chi connectivity index (χ1v) is 7.61. The first-order valence-electron chi connectivity index (χ1n) is 7.61. The third-order valence-electron chi connectivity index (χ3n) is 3.91. The van der Waals surface area contributed by atoms with Crippen LogP contribution in [0.1, 0.15) is 24.2 Å². The van der Waals surface area contributed by atoms with Crippen LogP contribution in [0, 0.1) is 0 Å². The lowest BCUT2D eigenvalue weighted by atomic mass is 9.90. The first kappa shape index (κ1) is 17.3. The maximum Gasteiger partial charge on any atom is 0.188 e. The van der Waals surface area contributed by atoms with Crippen molar-refractivity contribution in [2.75, 3.05) is 0 Å². The van der Waals surface area contributed by atoms with Crippen LogP contribution in [0.3, 0.4) is 0 Å². The summed E-state index contributed by atoms with van der Waals surface area (Å²) in [4.78, 5) is 14.3. The molecule has 0 aliphatic heterocycles. The van der Waals surface area contributed by atoms with Crippen molar-refractivity contribution in [3.63, 3.8) is 0 Å². The Morgan fingerprint density at radius 1 is 0.875 bits per heavy atom. The third-order valence-corrected chi connectivity index (χ3v) is 3.91. The van der Waals surface area contributed by atoms with E-state index in [1.807, 2.05) is 42.5 Å². The molecule has 4 heteroatoms. The largest absolute Gasteiger partial charge is 0.514 e. The fourth-order valence-corrected chi connectivity index (χ4v) is 2.48. The summed E-state index contributed by atoms with van der Waals surface area (Å²) in [6, 6.07) is 17.3. The minimum Gasteiger partial charge on any atom is -0.514 e. The number of aliphatic hydroxyl groups excluding tert-OH is 2. The van der Waals surface area contributed by atoms with Crippen molar-refractivity contribution in [1.29, 1.82) is 0 Å². The highest BCUT2D eigenvalue weighted by atomic mass is 16.2. The van der Waals surface area contributed by atoms with Crippen molar-refractivity contribution in [3.05, 3.63) is 85.1 Å². The van der Waals surface area contributed by atoms with Crippen LogP contribution < -0.4 is 0 Å². The van der Waals surface area contributed by atoms with E-state index >= 15 is 0 Å². The molecule has 2 aromatic carbocycles. The van der Waals surface area contributed by atoms with Crippen molar-refractivity contribution in [2.24, 2.45) is 0 Å². The maximum absolute atomic E-state index is 12.8. The zero-order valence-corrected chi connectivity index (χ0v) is 13.8. The number of rotatable bonds is 6. The van der Waals surface area contributed by atoms with E-state index < -0.39 is 5.54 Å². The summed E-state index contributed by atoms with van der Waals surface area (Å²) in [6.07, 6.45) is 4.30. The van der Waals surface area contributed by atoms with Crippen LogP contribution in [-0.4, -0.2) is 26.4 Å². The van der Waals surface area contributed by atoms with Crippen LogP contribution in [0.4, 0.5) is 0 Å². The van der Waals surface area contributed by atoms with Crippen molar-refractivity contribution in [1.82, 2.24) is 4.90 Å². The van der Waals surface area contributed by atoms with E-state index in [9.17, 15) is 4.79 Å². The van der Waals surface area contributed by atoms with Gasteiger partial charge in [-0.25, -0.2) is 0 Å². The first-order chi connectivity index (χ1) is 11.5. The molecule has 0 aliphatic rings. The van der Waals surface area contributed by atoms with E-state index in [2.05, 4.69) is 0 Å². The topological polar surface area (TPSA) is 60.8 Å². The second kappa shape index (κ2) is 7.51. The predicted molar refractivity (Wildman–Crippen MR) is 95.7 cm³/mol. The lowest BCUT2D eigenvalue weighted by molar-refractivity contribution is 0.0801. The maximum atomic E-state index is 12.8. The third kappa shape index (κ3) is 3.66. The minimum absolute atomic E-state index is 0.127. The number of ketones is 1. The number of Topliss-reactive ketones (excluding diaryl/α,β-unsaturated/α-hetero) is 1. The standard InChI is InChI=1S/C20H21NO3/c1-20(2,21(12-14-22)13-15-23)19(24)18-10-8-17(9-11-18)16-6-4-3-5-7-16/h3-15,22-23H,1-2H3. The van der Waals surface area contributed by atoms with Crippen LogP contribution in [0.2, 0.25) is 0 Å². The van der Waals surface area contributed by atoms with Gasteiger partial charge in [0.15, 0.2) is 5.78 Å². The number of hydrogen-bond donors (Lipinski definition) is 2. The normalized spacial score (nSPS) is 11.9. The highest BCUT2D eigenvalue weighted by Gasteiger charge is 2.32. The molecule has 4 nitrogen and oxygen atoms in total. The van der Waals surface area contributed by atoms with Gasteiger partial charge < -0.3 is 15.1 Å². The van der Waals surface area contributed by atoms with Gasteiger partial charge in [-0.3, -0.25) is 4.79 Å². The SMILES string of the molecule is CC(C)(C(=O)c1ccc(-c2ccccc2)cc1)N(C=CO)C=CO. The van der Waals surface area contributed by atoms with Gasteiger partial charge in [0.2, 0.25) is 0 Å². The smallest absolute Gasteiger partial charge is 0.188 e. The molecule has 0 amide bonds. The molecular weight excluding hydrogens is 302 g/mol. The van der Waals surface area contributed by atoms with E-state index in [4.69, 9.17) is 10.2 Å². The van der Waals surface area contributed by atoms with Crippen molar-refractivity contribution < 1.29 is 15.0 Å². The van der Waals surface area contributed by atoms with Gasteiger partial charge in [-0.1, -0.05) is 54.6 Å². The van der Waals surface area contributed by atoms with Crippen molar-refractivity contribution >= 4 is 5.78 Å². The molecule has 0 unspecified atom stereocenters. The number of hydrogen-bond acceptors (Lipinski definition) is 4. The van der Waals surface area contributed by atoms with Crippen LogP contribution in [0.15, 0.2) is 79.5 Å². The van der Waals surface area contributed by atoms with Gasteiger partial charge in [-0.05, 0) is 25.0 Å². The van der Waals surface area contributed by atoms with E-state index in [1.165, 1.54) is 17.3 Å². The van der Waals surface area contributed by atoms with Crippen LogP contribution >= 0.6 is 0 Å². The summed E-state index contributed by atoms with van der Waals surface area (Å²) in [5.74, 6) is -0.127. The predicted octanol–water partition coefficient (Wildman–Crippen LogP) is 4.68. The number of benzene rings is 2. The summed E-state index contributed by atoms with van der Waals surface area (Å²) in [5.41, 5.74) is 1.71. The summed E-state index contributed by atoms with van der Waals surface area (Å²) < 4.78 is 0. The fourth-order valence-electron chi connectivity index (χ4n) is 2.48. The Morgan fingerprint density at radius 3 is 1.88 bits per heavy atom. The molecule has 0 atom stereocenters. The Labute approximate surface area is 142 Å². The fraction of sp³-hybridized carbons (Fsp3) is 0.150. The molecule has 124 valence electrons. The van der Waals surface area contributed by atoms with Crippen molar-refractivity contribution in [2.45, 2.75) is 19.4 Å². The lowest BCUT2D eigenvalue weighted by Gasteiger charge is -2.33. The Hall–Kier alpha value is -3.01. The van der Waals surface area contributed by atoms with Crippen LogP contribution in [-0.2, 0) is 0 Å². The quantitative estimate of drug-likeness (QED) is 0.599. The zero-order chi connectivity index (χ0) is 17.6. The average Bonchev–Trinajstić information content (AvgIpc) is 2.62. The van der Waals surface area contributed by atoms with Gasteiger partial charge in [0.1, 0.15) is 5.54 Å². The highest BCUT2D eigenvalue weighted by Crippen LogP contribution is 2.24. The Bertz CT molecular complexity index is 719. The number of nitrogens with zero attached hydrogens (tertiary/aromatic N) is 1. The van der Waals surface area contributed by atoms with Gasteiger partial charge >= 0.3 is 0 Å². The lowest BCUT2D eigenvalue weighted by Crippen LogP contribution is -2.44. The van der Waals surface area contributed by atoms with E-state index in [-0.39, 0.29) is 5.78 Å². The molecule has 0 saturated carbocycles. The Morgan fingerprint density at radius 2 is 1.38 bits per heavy atom. The van der Waals surface area contributed by atoms with Crippen LogP contribution in [0.5, 0.6) is 0 Å². The highest BCUT2D eigenvalue weighted by molar-refractivity contribution is 6.03. The van der Waals surface area contributed by atoms with Gasteiger partial charge in [0.05, 0.1) is 12.5 Å². The monoisotopic (exact) mass is 323 g/mol. The second-order valence-electron chi connectivity index (χ2n) is 5.84. The molecule has 2 aromatic rings. The van der Waals surface area contributed by atoms with Gasteiger partial charge in [0.25, 0.3) is 0 Å². The average molecular weight is 323 g/mol. The molecule has 2 N–H and O–H groups in total. The molecule has 0 spiro atoms. The summed E-state index contributed by atoms with van der Waals surface area (Å²) in [6.45, 7) is 3.45. The molecular formula is C20H21NO3. The molecule has 0 heterocycles. The van der Waals surface area contributed by atoms with Crippen LogP contribution in [0.25, 0.3) is 11.1 Å². The van der Waals surface area contributed by atoms with Crippen molar-refractivity contribution in [3.8, 4) is 11.1 Å². The van der Waals surface area contributed by atoms with Gasteiger partial charge in [-0.2, -0.15) is 0 Å². The molecule has 0 aliphatic carbocycles. The summed E-state index contributed by atoms with van der Waals surface area (Å²) >= 11 is 0. The molecule has 0 radical (unpaired) electrons. The Kier molecular flexibility index (Phi) is 5.42. The molecule has 0 aromatic heterocycles. The second-order valence-corrected chi connectivity index (χ2v) is 5.84. The van der Waals surface area contributed by atoms with Gasteiger partial charge in [0, 0.05) is 18.0 Å². The number of carbonyl (C=O) groups excluding carboxylic acids is 1. The molecule has 24 heavy (non-hydrogen) atoms. The molecule has 2 rings (SSSR count). The summed E-state index contributed by atoms with van der Waals surface area (Å²) in [7, 11) is 0. The zero-order valence-electron chi connectivity index (χ0n) is 13.8. The molecule has 0 saturated heterocycles. The minimum atomic E-state index is -0.966.